The molecule has 0 fully saturated rings. The van der Waals surface area contributed by atoms with Gasteiger partial charge >= 0.3 is 0 Å². The van der Waals surface area contributed by atoms with Gasteiger partial charge in [0.1, 0.15) is 5.75 Å². The van der Waals surface area contributed by atoms with Gasteiger partial charge in [0.15, 0.2) is 17.3 Å². The van der Waals surface area contributed by atoms with Crippen molar-refractivity contribution >= 4 is 40.6 Å². The van der Waals surface area contributed by atoms with Gasteiger partial charge in [0, 0.05) is 6.07 Å². The average Bonchev–Trinajstić information content (AvgIpc) is 2.37. The van der Waals surface area contributed by atoms with Crippen molar-refractivity contribution in [1.82, 2.24) is 0 Å². The quantitative estimate of drug-likeness (QED) is 0.525. The number of ether oxygens (including phenoxy) is 1. The highest BCUT2D eigenvalue weighted by molar-refractivity contribution is 6.43. The molecule has 2 aromatic carbocycles. The molecule has 0 saturated heterocycles. The predicted molar refractivity (Wildman–Crippen MR) is 78.0 cm³/mol. The van der Waals surface area contributed by atoms with Crippen molar-refractivity contribution in [3.63, 3.8) is 0 Å². The van der Waals surface area contributed by atoms with Crippen molar-refractivity contribution in [3.05, 3.63) is 56.8 Å². The van der Waals surface area contributed by atoms with E-state index in [1.807, 2.05) is 0 Å². The number of ketones is 1. The van der Waals surface area contributed by atoms with Gasteiger partial charge in [-0.15, -0.1) is 0 Å². The third-order valence-electron chi connectivity index (χ3n) is 2.53. The average molecular weight is 334 g/mol. The van der Waals surface area contributed by atoms with E-state index in [1.165, 1.54) is 37.3 Å². The number of carbonyl (C=O) groups is 1. The molecule has 0 amide bonds. The Morgan fingerprint density at radius 3 is 2.40 bits per heavy atom. The summed E-state index contributed by atoms with van der Waals surface area (Å²) in [6.07, 6.45) is 0. The van der Waals surface area contributed by atoms with E-state index >= 15 is 0 Å². The summed E-state index contributed by atoms with van der Waals surface area (Å²) >= 11 is 17.6. The highest BCUT2D eigenvalue weighted by Crippen LogP contribution is 2.38. The van der Waals surface area contributed by atoms with Crippen LogP contribution in [-0.4, -0.2) is 5.78 Å². The molecule has 0 spiro atoms. The van der Waals surface area contributed by atoms with Crippen LogP contribution in [0.1, 0.15) is 17.3 Å². The molecular formula is C14H8Cl3FO2. The first-order chi connectivity index (χ1) is 9.40. The molecule has 0 N–H and O–H groups in total. The maximum absolute atomic E-state index is 13.8. The van der Waals surface area contributed by atoms with E-state index in [0.29, 0.717) is 0 Å². The highest BCUT2D eigenvalue weighted by atomic mass is 35.5. The monoisotopic (exact) mass is 332 g/mol. The van der Waals surface area contributed by atoms with Crippen molar-refractivity contribution in [2.24, 2.45) is 0 Å². The Labute approximate surface area is 130 Å². The molecule has 0 bridgehead atoms. The lowest BCUT2D eigenvalue weighted by atomic mass is 10.1. The van der Waals surface area contributed by atoms with Crippen molar-refractivity contribution in [2.45, 2.75) is 6.92 Å². The molecule has 104 valence electrons. The largest absolute Gasteiger partial charge is 0.452 e. The third kappa shape index (κ3) is 3.06. The first kappa shape index (κ1) is 15.1. The Morgan fingerprint density at radius 1 is 1.10 bits per heavy atom. The molecule has 0 atom stereocenters. The number of Topliss-reactive ketones (excluding diaryl/α,β-unsaturated/α-hetero) is 1. The molecule has 0 aliphatic heterocycles. The second kappa shape index (κ2) is 6.00. The van der Waals surface area contributed by atoms with E-state index in [0.717, 1.165) is 0 Å². The molecule has 2 nitrogen and oxygen atoms in total. The summed E-state index contributed by atoms with van der Waals surface area (Å²) in [7, 11) is 0. The van der Waals surface area contributed by atoms with E-state index in [9.17, 15) is 9.18 Å². The maximum atomic E-state index is 13.8. The van der Waals surface area contributed by atoms with Crippen molar-refractivity contribution in [1.29, 1.82) is 0 Å². The van der Waals surface area contributed by atoms with Crippen molar-refractivity contribution in [3.8, 4) is 11.5 Å². The summed E-state index contributed by atoms with van der Waals surface area (Å²) in [6, 6.07) is 6.83. The van der Waals surface area contributed by atoms with Crippen LogP contribution in [0.25, 0.3) is 0 Å². The third-order valence-corrected chi connectivity index (χ3v) is 3.55. The summed E-state index contributed by atoms with van der Waals surface area (Å²) in [5.41, 5.74) is 0.118. The van der Waals surface area contributed by atoms with Gasteiger partial charge in [-0.1, -0.05) is 40.9 Å². The molecule has 6 heteroatoms. The van der Waals surface area contributed by atoms with Crippen LogP contribution in [0.5, 0.6) is 11.5 Å². The fourth-order valence-corrected chi connectivity index (χ4v) is 2.16. The van der Waals surface area contributed by atoms with Gasteiger partial charge in [0.05, 0.1) is 20.6 Å². The number of rotatable bonds is 3. The number of benzene rings is 2. The summed E-state index contributed by atoms with van der Waals surface area (Å²) in [6.45, 7) is 1.32. The second-order valence-electron chi connectivity index (χ2n) is 3.97. The zero-order valence-corrected chi connectivity index (χ0v) is 12.5. The molecule has 0 saturated carbocycles. The maximum Gasteiger partial charge on any atom is 0.173 e. The normalized spacial score (nSPS) is 10.4. The second-order valence-corrected chi connectivity index (χ2v) is 5.19. The Bertz CT molecular complexity index is 686. The number of hydrogen-bond acceptors (Lipinski definition) is 2. The Morgan fingerprint density at radius 2 is 1.75 bits per heavy atom. The van der Waals surface area contributed by atoms with Crippen molar-refractivity contribution < 1.29 is 13.9 Å². The molecule has 0 aliphatic rings. The fraction of sp³-hybridized carbons (Fsp3) is 0.0714. The molecule has 0 unspecified atom stereocenters. The predicted octanol–water partition coefficient (Wildman–Crippen LogP) is 5.78. The number of para-hydroxylation sites is 1. The summed E-state index contributed by atoms with van der Waals surface area (Å²) < 4.78 is 19.2. The van der Waals surface area contributed by atoms with Gasteiger partial charge in [-0.25, -0.2) is 4.39 Å². The van der Waals surface area contributed by atoms with E-state index in [2.05, 4.69) is 0 Å². The van der Waals surface area contributed by atoms with Gasteiger partial charge in [0.2, 0.25) is 0 Å². The smallest absolute Gasteiger partial charge is 0.173 e. The van der Waals surface area contributed by atoms with Gasteiger partial charge < -0.3 is 4.74 Å². The minimum atomic E-state index is -0.667. The first-order valence-corrected chi connectivity index (χ1v) is 6.65. The van der Waals surface area contributed by atoms with Crippen LogP contribution in [0.15, 0.2) is 30.3 Å². The zero-order chi connectivity index (χ0) is 14.9. The molecule has 2 aromatic rings. The Hall–Kier alpha value is -1.29. The molecule has 0 heterocycles. The lowest BCUT2D eigenvalue weighted by molar-refractivity contribution is 0.101. The van der Waals surface area contributed by atoms with Crippen LogP contribution in [0.4, 0.5) is 4.39 Å². The molecule has 20 heavy (non-hydrogen) atoms. The lowest BCUT2D eigenvalue weighted by Gasteiger charge is -2.12. The topological polar surface area (TPSA) is 26.3 Å². The molecule has 0 aliphatic carbocycles. The van der Waals surface area contributed by atoms with E-state index in [4.69, 9.17) is 39.5 Å². The Kier molecular flexibility index (Phi) is 4.53. The molecule has 0 radical (unpaired) electrons. The van der Waals surface area contributed by atoms with Gasteiger partial charge in [-0.05, 0) is 25.1 Å². The minimum Gasteiger partial charge on any atom is -0.452 e. The minimum absolute atomic E-state index is 0.118. The van der Waals surface area contributed by atoms with Crippen LogP contribution in [0.2, 0.25) is 15.1 Å². The van der Waals surface area contributed by atoms with Gasteiger partial charge in [0.25, 0.3) is 0 Å². The van der Waals surface area contributed by atoms with Crippen LogP contribution in [0.3, 0.4) is 0 Å². The highest BCUT2D eigenvalue weighted by Gasteiger charge is 2.16. The molecule has 0 aromatic heterocycles. The van der Waals surface area contributed by atoms with Crippen LogP contribution < -0.4 is 4.74 Å². The van der Waals surface area contributed by atoms with Crippen LogP contribution in [-0.2, 0) is 0 Å². The Balaban J connectivity index is 2.50. The van der Waals surface area contributed by atoms with E-state index < -0.39 is 5.82 Å². The SMILES string of the molecule is CC(=O)c1cccc(F)c1Oc1cc(Cl)c(Cl)cc1Cl. The summed E-state index contributed by atoms with van der Waals surface area (Å²) in [4.78, 5) is 11.5. The lowest BCUT2D eigenvalue weighted by Crippen LogP contribution is -1.99. The van der Waals surface area contributed by atoms with Crippen LogP contribution in [0, 0.1) is 5.82 Å². The summed E-state index contributed by atoms with van der Waals surface area (Å²) in [5, 5.41) is 0.633. The van der Waals surface area contributed by atoms with E-state index in [-0.39, 0.29) is 37.9 Å². The van der Waals surface area contributed by atoms with Gasteiger partial charge in [-0.3, -0.25) is 4.79 Å². The number of hydrogen-bond donors (Lipinski definition) is 0. The fourth-order valence-electron chi connectivity index (χ4n) is 1.58. The summed E-state index contributed by atoms with van der Waals surface area (Å²) in [5.74, 6) is -1.07. The first-order valence-electron chi connectivity index (χ1n) is 5.52. The number of carbonyl (C=O) groups excluding carboxylic acids is 1. The molecular weight excluding hydrogens is 326 g/mol. The zero-order valence-electron chi connectivity index (χ0n) is 10.2. The standard InChI is InChI=1S/C14H8Cl3FO2/c1-7(19)8-3-2-4-12(18)14(8)20-13-6-10(16)9(15)5-11(13)17/h2-6H,1H3. The van der Waals surface area contributed by atoms with Crippen LogP contribution >= 0.6 is 34.8 Å². The van der Waals surface area contributed by atoms with Gasteiger partial charge in [-0.2, -0.15) is 0 Å². The van der Waals surface area contributed by atoms with Crippen molar-refractivity contribution in [2.75, 3.05) is 0 Å². The number of halogens is 4. The van der Waals surface area contributed by atoms with E-state index in [1.54, 1.807) is 0 Å². The molecule has 2 rings (SSSR count).